The van der Waals surface area contributed by atoms with Crippen LogP contribution in [0.25, 0.3) is 0 Å². The van der Waals surface area contributed by atoms with Crippen LogP contribution in [-0.4, -0.2) is 25.5 Å². The fourth-order valence-corrected chi connectivity index (χ4v) is 1.92. The van der Waals surface area contributed by atoms with Crippen LogP contribution in [0.2, 0.25) is 5.02 Å². The van der Waals surface area contributed by atoms with Crippen LogP contribution in [0.4, 0.5) is 5.69 Å². The number of benzene rings is 2. The van der Waals surface area contributed by atoms with Gasteiger partial charge in [-0.2, -0.15) is 0 Å². The molecule has 0 unspecified atom stereocenters. The molecule has 0 radical (unpaired) electrons. The van der Waals surface area contributed by atoms with Crippen molar-refractivity contribution in [2.24, 2.45) is 4.99 Å². The molecule has 4 nitrogen and oxygen atoms in total. The summed E-state index contributed by atoms with van der Waals surface area (Å²) < 4.78 is 10.4. The van der Waals surface area contributed by atoms with Gasteiger partial charge in [-0.1, -0.05) is 23.7 Å². The Hall–Kier alpha value is -2.20. The molecular formula is C15H14ClNO3. The normalized spacial score (nSPS) is 10.8. The summed E-state index contributed by atoms with van der Waals surface area (Å²) in [6.45, 7) is 0. The first-order valence-electron chi connectivity index (χ1n) is 5.89. The van der Waals surface area contributed by atoms with Gasteiger partial charge in [0.05, 0.1) is 19.2 Å². The zero-order chi connectivity index (χ0) is 14.5. The van der Waals surface area contributed by atoms with Crippen molar-refractivity contribution in [3.8, 4) is 17.2 Å². The number of rotatable bonds is 4. The van der Waals surface area contributed by atoms with Crippen LogP contribution >= 0.6 is 11.6 Å². The van der Waals surface area contributed by atoms with Gasteiger partial charge in [0.1, 0.15) is 22.9 Å². The predicted molar refractivity (Wildman–Crippen MR) is 79.9 cm³/mol. The first-order valence-corrected chi connectivity index (χ1v) is 6.27. The molecule has 0 bridgehead atoms. The smallest absolute Gasteiger partial charge is 0.148 e. The lowest BCUT2D eigenvalue weighted by Crippen LogP contribution is -1.89. The number of methoxy groups -OCH3 is 2. The van der Waals surface area contributed by atoms with E-state index in [-0.39, 0.29) is 5.75 Å². The third-order valence-corrected chi connectivity index (χ3v) is 3.03. The molecule has 0 saturated heterocycles. The highest BCUT2D eigenvalue weighted by Gasteiger charge is 2.09. The lowest BCUT2D eigenvalue weighted by Gasteiger charge is -2.09. The SMILES string of the molecule is COc1cc(OC)c(N=Cc2ccccc2O)cc1Cl. The molecule has 20 heavy (non-hydrogen) atoms. The van der Waals surface area contributed by atoms with E-state index in [1.165, 1.54) is 7.11 Å². The molecule has 0 aliphatic carbocycles. The summed E-state index contributed by atoms with van der Waals surface area (Å²) in [4.78, 5) is 4.29. The van der Waals surface area contributed by atoms with Gasteiger partial charge in [-0.3, -0.25) is 4.99 Å². The Bertz CT molecular complexity index is 641. The van der Waals surface area contributed by atoms with Crippen LogP contribution in [0.1, 0.15) is 5.56 Å². The van der Waals surface area contributed by atoms with Crippen molar-refractivity contribution in [1.82, 2.24) is 0 Å². The van der Waals surface area contributed by atoms with E-state index in [4.69, 9.17) is 21.1 Å². The van der Waals surface area contributed by atoms with Crippen molar-refractivity contribution in [1.29, 1.82) is 0 Å². The highest BCUT2D eigenvalue weighted by atomic mass is 35.5. The average molecular weight is 292 g/mol. The molecule has 2 aromatic carbocycles. The number of para-hydroxylation sites is 1. The summed E-state index contributed by atoms with van der Waals surface area (Å²) in [6, 6.07) is 10.2. The molecule has 0 aliphatic rings. The number of hydrogen-bond donors (Lipinski definition) is 1. The molecule has 0 aliphatic heterocycles. The number of halogens is 1. The summed E-state index contributed by atoms with van der Waals surface area (Å²) in [5.41, 5.74) is 1.17. The lowest BCUT2D eigenvalue weighted by molar-refractivity contribution is 0.395. The van der Waals surface area contributed by atoms with Crippen molar-refractivity contribution in [3.05, 3.63) is 47.0 Å². The third-order valence-electron chi connectivity index (χ3n) is 2.73. The van der Waals surface area contributed by atoms with Crippen molar-refractivity contribution in [2.45, 2.75) is 0 Å². The molecule has 0 atom stereocenters. The third kappa shape index (κ3) is 3.03. The Kier molecular flexibility index (Phi) is 4.48. The van der Waals surface area contributed by atoms with Crippen LogP contribution in [0.5, 0.6) is 17.2 Å². The first kappa shape index (κ1) is 14.2. The molecule has 104 valence electrons. The first-order chi connectivity index (χ1) is 9.65. The number of aromatic hydroxyl groups is 1. The zero-order valence-electron chi connectivity index (χ0n) is 11.1. The summed E-state index contributed by atoms with van der Waals surface area (Å²) in [6.07, 6.45) is 1.55. The van der Waals surface area contributed by atoms with Gasteiger partial charge in [0.15, 0.2) is 0 Å². The van der Waals surface area contributed by atoms with Crippen LogP contribution in [0.15, 0.2) is 41.4 Å². The van der Waals surface area contributed by atoms with Crippen LogP contribution in [0, 0.1) is 0 Å². The monoisotopic (exact) mass is 291 g/mol. The Morgan fingerprint density at radius 2 is 1.80 bits per heavy atom. The molecule has 5 heteroatoms. The molecule has 0 aromatic heterocycles. The fourth-order valence-electron chi connectivity index (χ4n) is 1.68. The highest BCUT2D eigenvalue weighted by Crippen LogP contribution is 2.37. The predicted octanol–water partition coefficient (Wildman–Crippen LogP) is 3.81. The maximum absolute atomic E-state index is 9.68. The number of nitrogens with zero attached hydrogens (tertiary/aromatic N) is 1. The molecule has 1 N–H and O–H groups in total. The molecule has 0 fully saturated rings. The topological polar surface area (TPSA) is 51.0 Å². The van der Waals surface area contributed by atoms with Gasteiger partial charge < -0.3 is 14.6 Å². The van der Waals surface area contributed by atoms with E-state index in [2.05, 4.69) is 4.99 Å². The molecular weight excluding hydrogens is 278 g/mol. The maximum atomic E-state index is 9.68. The van der Waals surface area contributed by atoms with Crippen molar-refractivity contribution < 1.29 is 14.6 Å². The minimum Gasteiger partial charge on any atom is -0.507 e. The second kappa shape index (κ2) is 6.30. The number of aliphatic imine (C=N–C) groups is 1. The van der Waals surface area contributed by atoms with Gasteiger partial charge in [-0.25, -0.2) is 0 Å². The van der Waals surface area contributed by atoms with Gasteiger partial charge in [0.2, 0.25) is 0 Å². The average Bonchev–Trinajstić information content (AvgIpc) is 2.46. The molecule has 2 aromatic rings. The van der Waals surface area contributed by atoms with Gasteiger partial charge in [-0.05, 0) is 18.2 Å². The van der Waals surface area contributed by atoms with E-state index in [0.29, 0.717) is 27.8 Å². The highest BCUT2D eigenvalue weighted by molar-refractivity contribution is 6.32. The molecule has 0 amide bonds. The number of hydrogen-bond acceptors (Lipinski definition) is 4. The Morgan fingerprint density at radius 3 is 2.45 bits per heavy atom. The zero-order valence-corrected chi connectivity index (χ0v) is 11.9. The minimum absolute atomic E-state index is 0.162. The second-order valence-corrected chi connectivity index (χ2v) is 4.38. The van der Waals surface area contributed by atoms with Crippen LogP contribution in [0.3, 0.4) is 0 Å². The molecule has 0 saturated carbocycles. The molecule has 0 spiro atoms. The number of phenols is 1. The van der Waals surface area contributed by atoms with Crippen molar-refractivity contribution in [2.75, 3.05) is 14.2 Å². The van der Waals surface area contributed by atoms with Gasteiger partial charge >= 0.3 is 0 Å². The Morgan fingerprint density at radius 1 is 1.10 bits per heavy atom. The quantitative estimate of drug-likeness (QED) is 0.871. The van der Waals surface area contributed by atoms with E-state index in [1.807, 2.05) is 6.07 Å². The largest absolute Gasteiger partial charge is 0.507 e. The Balaban J connectivity index is 2.38. The van der Waals surface area contributed by atoms with Crippen LogP contribution in [-0.2, 0) is 0 Å². The summed E-state index contributed by atoms with van der Waals surface area (Å²) >= 11 is 6.07. The summed E-state index contributed by atoms with van der Waals surface area (Å²) in [5.74, 6) is 1.22. The van der Waals surface area contributed by atoms with Crippen LogP contribution < -0.4 is 9.47 Å². The number of phenolic OH excluding ortho intramolecular Hbond substituents is 1. The summed E-state index contributed by atoms with van der Waals surface area (Å²) in [7, 11) is 3.08. The van der Waals surface area contributed by atoms with Crippen molar-refractivity contribution >= 4 is 23.5 Å². The fraction of sp³-hybridized carbons (Fsp3) is 0.133. The second-order valence-electron chi connectivity index (χ2n) is 3.98. The standard InChI is InChI=1S/C15H14ClNO3/c1-19-14-8-15(20-2)12(7-11(14)16)17-9-10-5-3-4-6-13(10)18/h3-9,18H,1-2H3. The molecule has 0 heterocycles. The van der Waals surface area contributed by atoms with Crippen molar-refractivity contribution in [3.63, 3.8) is 0 Å². The maximum Gasteiger partial charge on any atom is 0.148 e. The van der Waals surface area contributed by atoms with Gasteiger partial charge in [-0.15, -0.1) is 0 Å². The van der Waals surface area contributed by atoms with Gasteiger partial charge in [0.25, 0.3) is 0 Å². The van der Waals surface area contributed by atoms with E-state index in [9.17, 15) is 5.11 Å². The van der Waals surface area contributed by atoms with E-state index >= 15 is 0 Å². The van der Waals surface area contributed by atoms with E-state index < -0.39 is 0 Å². The Labute approximate surface area is 122 Å². The van der Waals surface area contributed by atoms with E-state index in [1.54, 1.807) is 43.7 Å². The minimum atomic E-state index is 0.162. The van der Waals surface area contributed by atoms with Gasteiger partial charge in [0, 0.05) is 17.8 Å². The molecule has 2 rings (SSSR count). The lowest BCUT2D eigenvalue weighted by atomic mass is 10.2. The number of ether oxygens (including phenoxy) is 2. The van der Waals surface area contributed by atoms with E-state index in [0.717, 1.165) is 0 Å². The summed E-state index contributed by atoms with van der Waals surface area (Å²) in [5, 5.41) is 10.1.